The van der Waals surface area contributed by atoms with Gasteiger partial charge in [-0.15, -0.1) is 0 Å². The highest BCUT2D eigenvalue weighted by molar-refractivity contribution is 8.13. The highest BCUT2D eigenvalue weighted by Gasteiger charge is 2.35. The Bertz CT molecular complexity index is 973. The molecule has 1 atom stereocenters. The van der Waals surface area contributed by atoms with Gasteiger partial charge in [0.25, 0.3) is 5.24 Å². The van der Waals surface area contributed by atoms with Gasteiger partial charge in [-0.2, -0.15) is 0 Å². The number of likely N-dealkylation sites (tertiary alicyclic amines) is 1. The number of hydrogen-bond donors (Lipinski definition) is 0. The first-order valence-corrected chi connectivity index (χ1v) is 13.0. The first kappa shape index (κ1) is 24.6. The standard InChI is InChI=1S/C25H31NO4S2/c1-6-31-24(28)26-9-8-18(14-26)12-19-13-20(30-25(29)32-7-2)22(23(19)27)21-16(4)10-15(3)11-17(21)5/h10-12,18H,6-9,13-14H2,1-5H3. The van der Waals surface area contributed by atoms with Crippen LogP contribution in [-0.2, 0) is 9.53 Å². The molecule has 1 saturated heterocycles. The highest BCUT2D eigenvalue weighted by atomic mass is 32.2. The Morgan fingerprint density at radius 2 is 1.78 bits per heavy atom. The van der Waals surface area contributed by atoms with Crippen LogP contribution in [0.4, 0.5) is 9.59 Å². The zero-order chi connectivity index (χ0) is 23.4. The van der Waals surface area contributed by atoms with Gasteiger partial charge in [0.15, 0.2) is 5.78 Å². The third-order valence-electron chi connectivity index (χ3n) is 5.73. The Hall–Kier alpha value is -1.99. The molecule has 0 N–H and O–H groups in total. The van der Waals surface area contributed by atoms with E-state index in [0.29, 0.717) is 42.2 Å². The Balaban J connectivity index is 1.91. The molecular formula is C25H31NO4S2. The van der Waals surface area contributed by atoms with Crippen LogP contribution in [-0.4, -0.2) is 45.8 Å². The van der Waals surface area contributed by atoms with Crippen LogP contribution in [0.3, 0.4) is 0 Å². The summed E-state index contributed by atoms with van der Waals surface area (Å²) in [5.74, 6) is 1.87. The molecule has 0 aromatic heterocycles. The lowest BCUT2D eigenvalue weighted by Gasteiger charge is -2.14. The summed E-state index contributed by atoms with van der Waals surface area (Å²) >= 11 is 2.42. The minimum Gasteiger partial charge on any atom is -0.422 e. The molecule has 1 amide bonds. The number of rotatable bonds is 5. The summed E-state index contributed by atoms with van der Waals surface area (Å²) in [6.45, 7) is 11.2. The van der Waals surface area contributed by atoms with Gasteiger partial charge in [-0.05, 0) is 67.3 Å². The van der Waals surface area contributed by atoms with Crippen molar-refractivity contribution in [2.24, 2.45) is 5.92 Å². The van der Waals surface area contributed by atoms with Gasteiger partial charge in [-0.3, -0.25) is 9.59 Å². The molecule has 32 heavy (non-hydrogen) atoms. The van der Waals surface area contributed by atoms with Crippen molar-refractivity contribution < 1.29 is 19.1 Å². The van der Waals surface area contributed by atoms with Crippen molar-refractivity contribution in [3.8, 4) is 0 Å². The van der Waals surface area contributed by atoms with E-state index in [2.05, 4.69) is 12.1 Å². The van der Waals surface area contributed by atoms with Crippen LogP contribution in [0.15, 0.2) is 29.5 Å². The highest BCUT2D eigenvalue weighted by Crippen LogP contribution is 2.40. The van der Waals surface area contributed by atoms with E-state index in [1.807, 2.05) is 45.6 Å². The van der Waals surface area contributed by atoms with Crippen molar-refractivity contribution in [1.29, 1.82) is 0 Å². The van der Waals surface area contributed by atoms with E-state index in [4.69, 9.17) is 4.74 Å². The van der Waals surface area contributed by atoms with Crippen molar-refractivity contribution in [1.82, 2.24) is 4.90 Å². The molecule has 1 aromatic carbocycles. The van der Waals surface area contributed by atoms with Crippen molar-refractivity contribution in [2.45, 2.75) is 47.5 Å². The largest absolute Gasteiger partial charge is 0.422 e. The topological polar surface area (TPSA) is 63.7 Å². The number of ether oxygens (including phenoxy) is 1. The molecule has 3 rings (SSSR count). The van der Waals surface area contributed by atoms with Crippen molar-refractivity contribution in [3.63, 3.8) is 0 Å². The third kappa shape index (κ3) is 5.49. The molecule has 5 nitrogen and oxygen atoms in total. The van der Waals surface area contributed by atoms with Crippen LogP contribution in [0.1, 0.15) is 48.9 Å². The molecule has 1 aliphatic heterocycles. The van der Waals surface area contributed by atoms with E-state index in [1.54, 1.807) is 0 Å². The number of amides is 1. The second kappa shape index (κ2) is 10.8. The second-order valence-corrected chi connectivity index (χ2v) is 10.7. The monoisotopic (exact) mass is 473 g/mol. The van der Waals surface area contributed by atoms with E-state index in [9.17, 15) is 14.4 Å². The average molecular weight is 474 g/mol. The smallest absolute Gasteiger partial charge is 0.372 e. The average Bonchev–Trinajstić information content (AvgIpc) is 3.28. The summed E-state index contributed by atoms with van der Waals surface area (Å²) in [7, 11) is 0. The lowest BCUT2D eigenvalue weighted by Crippen LogP contribution is -2.24. The van der Waals surface area contributed by atoms with E-state index in [1.165, 1.54) is 11.8 Å². The first-order chi connectivity index (χ1) is 15.2. The quantitative estimate of drug-likeness (QED) is 0.369. The van der Waals surface area contributed by atoms with Gasteiger partial charge < -0.3 is 9.64 Å². The van der Waals surface area contributed by atoms with Crippen molar-refractivity contribution in [2.75, 3.05) is 24.6 Å². The number of allylic oxidation sites excluding steroid dienone is 2. The summed E-state index contributed by atoms with van der Waals surface area (Å²) in [6, 6.07) is 4.10. The fourth-order valence-electron chi connectivity index (χ4n) is 4.51. The van der Waals surface area contributed by atoms with Gasteiger partial charge in [0.1, 0.15) is 5.76 Å². The van der Waals surface area contributed by atoms with Gasteiger partial charge in [0, 0.05) is 30.8 Å². The molecule has 2 aliphatic rings. The van der Waals surface area contributed by atoms with Crippen molar-refractivity contribution >= 4 is 45.4 Å². The number of nitrogens with zero attached hydrogens (tertiary/aromatic N) is 1. The van der Waals surface area contributed by atoms with Gasteiger partial charge >= 0.3 is 5.30 Å². The molecule has 1 unspecified atom stereocenters. The lowest BCUT2D eigenvalue weighted by molar-refractivity contribution is -0.110. The van der Waals surface area contributed by atoms with E-state index >= 15 is 0 Å². The zero-order valence-electron chi connectivity index (χ0n) is 19.4. The Morgan fingerprint density at radius 1 is 1.12 bits per heavy atom. The maximum Gasteiger partial charge on any atom is 0.372 e. The molecule has 1 heterocycles. The third-order valence-corrected chi connectivity index (χ3v) is 7.13. The number of hydrogen-bond acceptors (Lipinski definition) is 6. The van der Waals surface area contributed by atoms with Gasteiger partial charge in [0.2, 0.25) is 0 Å². The second-order valence-electron chi connectivity index (χ2n) is 8.25. The first-order valence-electron chi connectivity index (χ1n) is 11.1. The molecule has 0 bridgehead atoms. The Labute approximate surface area is 199 Å². The van der Waals surface area contributed by atoms with Crippen LogP contribution in [0.5, 0.6) is 0 Å². The van der Waals surface area contributed by atoms with Crippen LogP contribution < -0.4 is 0 Å². The maximum absolute atomic E-state index is 13.5. The van der Waals surface area contributed by atoms with E-state index in [0.717, 1.165) is 46.2 Å². The number of carbonyl (C=O) groups excluding carboxylic acids is 3. The predicted octanol–water partition coefficient (Wildman–Crippen LogP) is 6.31. The summed E-state index contributed by atoms with van der Waals surface area (Å²) in [5, 5.41) is -0.284. The van der Waals surface area contributed by atoms with Crippen LogP contribution in [0, 0.1) is 26.7 Å². The maximum atomic E-state index is 13.5. The number of ketones is 1. The number of thioether (sulfide) groups is 2. The van der Waals surface area contributed by atoms with Crippen LogP contribution >= 0.6 is 23.5 Å². The van der Waals surface area contributed by atoms with Crippen molar-refractivity contribution in [3.05, 3.63) is 51.8 Å². The molecule has 1 fully saturated rings. The number of aryl methyl sites for hydroxylation is 3. The predicted molar refractivity (Wildman–Crippen MR) is 133 cm³/mol. The van der Waals surface area contributed by atoms with Gasteiger partial charge in [0.05, 0.1) is 5.57 Å². The molecule has 172 valence electrons. The SMILES string of the molecule is CCSC(=O)OC1=C(c2c(C)cc(C)cc2C)C(=O)C(=CC2CCN(C(=O)SCC)C2)C1. The lowest BCUT2D eigenvalue weighted by atomic mass is 9.91. The normalized spacial score (nSPS) is 19.9. The minimum atomic E-state index is -0.384. The molecule has 0 spiro atoms. The molecular weight excluding hydrogens is 442 g/mol. The van der Waals surface area contributed by atoms with Crippen LogP contribution in [0.2, 0.25) is 0 Å². The van der Waals surface area contributed by atoms with E-state index in [-0.39, 0.29) is 22.2 Å². The van der Waals surface area contributed by atoms with Gasteiger partial charge in [-0.1, -0.05) is 49.4 Å². The fraction of sp³-hybridized carbons (Fsp3) is 0.480. The summed E-state index contributed by atoms with van der Waals surface area (Å²) in [4.78, 5) is 39.9. The molecule has 0 radical (unpaired) electrons. The molecule has 7 heteroatoms. The number of Topliss-reactive ketones (excluding diaryl/α,β-unsaturated/α-hetero) is 1. The zero-order valence-corrected chi connectivity index (χ0v) is 21.1. The van der Waals surface area contributed by atoms with E-state index < -0.39 is 0 Å². The summed E-state index contributed by atoms with van der Waals surface area (Å²) in [5.41, 5.74) is 5.15. The number of benzene rings is 1. The summed E-state index contributed by atoms with van der Waals surface area (Å²) < 4.78 is 5.69. The number of carbonyl (C=O) groups is 3. The minimum absolute atomic E-state index is 0.0722. The summed E-state index contributed by atoms with van der Waals surface area (Å²) in [6.07, 6.45) is 3.15. The fourth-order valence-corrected chi connectivity index (χ4v) is 5.50. The molecule has 1 aromatic rings. The Kier molecular flexibility index (Phi) is 8.28. The van der Waals surface area contributed by atoms with Crippen LogP contribution in [0.25, 0.3) is 5.57 Å². The molecule has 1 aliphatic carbocycles. The molecule has 0 saturated carbocycles. The Morgan fingerprint density at radius 3 is 2.41 bits per heavy atom. The van der Waals surface area contributed by atoms with Gasteiger partial charge in [-0.25, -0.2) is 4.79 Å².